The van der Waals surface area contributed by atoms with Crippen molar-refractivity contribution in [1.29, 1.82) is 0 Å². The van der Waals surface area contributed by atoms with Crippen molar-refractivity contribution in [2.75, 3.05) is 25.0 Å². The van der Waals surface area contributed by atoms with Crippen LogP contribution >= 0.6 is 22.9 Å². The van der Waals surface area contributed by atoms with Crippen molar-refractivity contribution in [3.63, 3.8) is 0 Å². The molecule has 0 radical (unpaired) electrons. The van der Waals surface area contributed by atoms with Crippen LogP contribution < -0.4 is 10.2 Å². The molecular weight excluding hydrogens is 302 g/mol. The summed E-state index contributed by atoms with van der Waals surface area (Å²) in [6.07, 6.45) is 2.04. The van der Waals surface area contributed by atoms with Crippen molar-refractivity contribution in [1.82, 2.24) is 5.32 Å². The average molecular weight is 320 g/mol. The SMILES string of the molecule is CN=C(NCCc1ccc(Cl)s1)N1CCc2ccccc21. The van der Waals surface area contributed by atoms with E-state index in [1.54, 1.807) is 11.3 Å². The zero-order chi connectivity index (χ0) is 14.7. The van der Waals surface area contributed by atoms with Crippen molar-refractivity contribution in [2.45, 2.75) is 12.8 Å². The molecule has 1 N–H and O–H groups in total. The van der Waals surface area contributed by atoms with E-state index < -0.39 is 0 Å². The Labute approximate surface area is 134 Å². The van der Waals surface area contributed by atoms with Gasteiger partial charge in [-0.3, -0.25) is 4.99 Å². The Morgan fingerprint density at radius 1 is 1.33 bits per heavy atom. The lowest BCUT2D eigenvalue weighted by Crippen LogP contribution is -2.41. The predicted octanol–water partition coefficient (Wildman–Crippen LogP) is 3.58. The van der Waals surface area contributed by atoms with E-state index in [1.165, 1.54) is 16.1 Å². The van der Waals surface area contributed by atoms with E-state index in [9.17, 15) is 0 Å². The lowest BCUT2D eigenvalue weighted by atomic mass is 10.2. The van der Waals surface area contributed by atoms with Crippen LogP contribution in [0.5, 0.6) is 0 Å². The molecule has 0 atom stereocenters. The van der Waals surface area contributed by atoms with Crippen molar-refractivity contribution in [3.8, 4) is 0 Å². The van der Waals surface area contributed by atoms with E-state index in [0.717, 1.165) is 36.2 Å². The summed E-state index contributed by atoms with van der Waals surface area (Å²) in [5.41, 5.74) is 2.66. The van der Waals surface area contributed by atoms with Gasteiger partial charge in [-0.2, -0.15) is 0 Å². The number of rotatable bonds is 3. The monoisotopic (exact) mass is 319 g/mol. The number of fused-ring (bicyclic) bond motifs is 1. The van der Waals surface area contributed by atoms with Crippen molar-refractivity contribution >= 4 is 34.6 Å². The first kappa shape index (κ1) is 14.4. The summed E-state index contributed by atoms with van der Waals surface area (Å²) >= 11 is 7.59. The highest BCUT2D eigenvalue weighted by atomic mass is 35.5. The Bertz CT molecular complexity index is 650. The highest BCUT2D eigenvalue weighted by molar-refractivity contribution is 7.16. The van der Waals surface area contributed by atoms with Gasteiger partial charge < -0.3 is 10.2 Å². The molecule has 1 aromatic carbocycles. The number of benzene rings is 1. The van der Waals surface area contributed by atoms with Crippen LogP contribution in [0.15, 0.2) is 41.4 Å². The number of hydrogen-bond donors (Lipinski definition) is 1. The molecule has 3 rings (SSSR count). The number of nitrogens with one attached hydrogen (secondary N) is 1. The van der Waals surface area contributed by atoms with Gasteiger partial charge in [-0.15, -0.1) is 11.3 Å². The van der Waals surface area contributed by atoms with Crippen LogP contribution in [0.1, 0.15) is 10.4 Å². The van der Waals surface area contributed by atoms with Gasteiger partial charge in [0.15, 0.2) is 5.96 Å². The summed E-state index contributed by atoms with van der Waals surface area (Å²) in [6, 6.07) is 12.6. The van der Waals surface area contributed by atoms with Gasteiger partial charge in [-0.25, -0.2) is 0 Å². The zero-order valence-electron chi connectivity index (χ0n) is 12.0. The Morgan fingerprint density at radius 2 is 2.19 bits per heavy atom. The van der Waals surface area contributed by atoms with E-state index >= 15 is 0 Å². The molecule has 0 fully saturated rings. The maximum atomic E-state index is 5.96. The molecule has 0 saturated heterocycles. The molecule has 5 heteroatoms. The van der Waals surface area contributed by atoms with Gasteiger partial charge in [-0.1, -0.05) is 29.8 Å². The molecule has 0 amide bonds. The van der Waals surface area contributed by atoms with Gasteiger partial charge in [0.2, 0.25) is 0 Å². The number of halogens is 1. The van der Waals surface area contributed by atoms with Crippen LogP contribution in [0, 0.1) is 0 Å². The van der Waals surface area contributed by atoms with Gasteiger partial charge in [0.05, 0.1) is 4.34 Å². The van der Waals surface area contributed by atoms with E-state index in [4.69, 9.17) is 11.6 Å². The summed E-state index contributed by atoms with van der Waals surface area (Å²) in [6.45, 7) is 1.85. The molecule has 0 aliphatic carbocycles. The lowest BCUT2D eigenvalue weighted by Gasteiger charge is -2.22. The first-order valence-corrected chi connectivity index (χ1v) is 8.27. The standard InChI is InChI=1S/C16H18ClN3S/c1-18-16(19-10-8-13-6-7-15(17)21-13)20-11-9-12-4-2-3-5-14(12)20/h2-7H,8-11H2,1H3,(H,18,19). The maximum absolute atomic E-state index is 5.96. The predicted molar refractivity (Wildman–Crippen MR) is 91.9 cm³/mol. The molecule has 2 heterocycles. The normalized spacial score (nSPS) is 14.4. The van der Waals surface area contributed by atoms with E-state index in [-0.39, 0.29) is 0 Å². The number of anilines is 1. The minimum Gasteiger partial charge on any atom is -0.356 e. The summed E-state index contributed by atoms with van der Waals surface area (Å²) in [7, 11) is 1.84. The molecule has 0 spiro atoms. The molecule has 0 saturated carbocycles. The molecule has 21 heavy (non-hydrogen) atoms. The highest BCUT2D eigenvalue weighted by Gasteiger charge is 2.21. The van der Waals surface area contributed by atoms with E-state index in [2.05, 4.69) is 45.5 Å². The Hall–Kier alpha value is -1.52. The van der Waals surface area contributed by atoms with Gasteiger partial charge in [0, 0.05) is 30.7 Å². The van der Waals surface area contributed by atoms with Gasteiger partial charge in [0.25, 0.3) is 0 Å². The molecule has 3 nitrogen and oxygen atoms in total. The van der Waals surface area contributed by atoms with Gasteiger partial charge in [-0.05, 0) is 36.6 Å². The van der Waals surface area contributed by atoms with Crippen molar-refractivity contribution in [3.05, 3.63) is 51.2 Å². The molecule has 0 bridgehead atoms. The van der Waals surface area contributed by atoms with Gasteiger partial charge in [0.1, 0.15) is 0 Å². The van der Waals surface area contributed by atoms with Crippen LogP contribution in [-0.4, -0.2) is 26.1 Å². The van der Waals surface area contributed by atoms with E-state index in [1.807, 2.05) is 13.1 Å². The summed E-state index contributed by atoms with van der Waals surface area (Å²) in [4.78, 5) is 7.97. The zero-order valence-corrected chi connectivity index (χ0v) is 13.5. The third-order valence-electron chi connectivity index (χ3n) is 3.64. The fraction of sp³-hybridized carbons (Fsp3) is 0.312. The largest absolute Gasteiger partial charge is 0.356 e. The van der Waals surface area contributed by atoms with Crippen LogP contribution in [0.3, 0.4) is 0 Å². The summed E-state index contributed by atoms with van der Waals surface area (Å²) in [5, 5.41) is 3.45. The molecule has 0 unspecified atom stereocenters. The minimum atomic E-state index is 0.850. The first-order chi connectivity index (χ1) is 10.3. The second-order valence-corrected chi connectivity index (χ2v) is 6.76. The average Bonchev–Trinajstić information content (AvgIpc) is 3.10. The molecule has 110 valence electrons. The topological polar surface area (TPSA) is 27.6 Å². The summed E-state index contributed by atoms with van der Waals surface area (Å²) in [5.74, 6) is 0.947. The maximum Gasteiger partial charge on any atom is 0.198 e. The summed E-state index contributed by atoms with van der Waals surface area (Å²) < 4.78 is 0.850. The number of nitrogens with zero attached hydrogens (tertiary/aromatic N) is 2. The quantitative estimate of drug-likeness (QED) is 0.691. The van der Waals surface area contributed by atoms with Crippen LogP contribution in [0.25, 0.3) is 0 Å². The third-order valence-corrected chi connectivity index (χ3v) is 4.93. The number of para-hydroxylation sites is 1. The fourth-order valence-electron chi connectivity index (χ4n) is 2.64. The minimum absolute atomic E-state index is 0.850. The van der Waals surface area contributed by atoms with Crippen LogP contribution in [-0.2, 0) is 12.8 Å². The van der Waals surface area contributed by atoms with Crippen molar-refractivity contribution < 1.29 is 0 Å². The number of hydrogen-bond acceptors (Lipinski definition) is 2. The highest BCUT2D eigenvalue weighted by Crippen LogP contribution is 2.27. The third kappa shape index (κ3) is 3.22. The Morgan fingerprint density at radius 3 is 2.95 bits per heavy atom. The first-order valence-electron chi connectivity index (χ1n) is 7.08. The van der Waals surface area contributed by atoms with Crippen LogP contribution in [0.4, 0.5) is 5.69 Å². The van der Waals surface area contributed by atoms with Crippen molar-refractivity contribution in [2.24, 2.45) is 4.99 Å². The molecule has 1 aromatic heterocycles. The van der Waals surface area contributed by atoms with Crippen LogP contribution in [0.2, 0.25) is 4.34 Å². The fourth-order valence-corrected chi connectivity index (χ4v) is 3.72. The number of thiophene rings is 1. The second kappa shape index (κ2) is 6.50. The number of aliphatic imine (C=N–C) groups is 1. The Kier molecular flexibility index (Phi) is 4.46. The molecular formula is C16H18ClN3S. The lowest BCUT2D eigenvalue weighted by molar-refractivity contribution is 0.845. The second-order valence-electron chi connectivity index (χ2n) is 4.96. The molecule has 1 aliphatic rings. The molecule has 2 aromatic rings. The van der Waals surface area contributed by atoms with Gasteiger partial charge >= 0.3 is 0 Å². The smallest absolute Gasteiger partial charge is 0.198 e. The molecule has 1 aliphatic heterocycles. The van der Waals surface area contributed by atoms with E-state index in [0.29, 0.717) is 0 Å². The number of guanidine groups is 1. The Balaban J connectivity index is 1.62.